The van der Waals surface area contributed by atoms with Crippen LogP contribution in [0.5, 0.6) is 0 Å². The third-order valence-corrected chi connectivity index (χ3v) is 5.12. The SMILES string of the molecule is CCC(C)N1C(=O)CC(NC2CCCCC2(C)C)C1=O. The first-order chi connectivity index (χ1) is 9.36. The number of nitrogens with zero attached hydrogens (tertiary/aromatic N) is 1. The van der Waals surface area contributed by atoms with Crippen LogP contribution in [0, 0.1) is 5.41 Å². The molecule has 0 aromatic heterocycles. The van der Waals surface area contributed by atoms with E-state index in [-0.39, 0.29) is 29.3 Å². The highest BCUT2D eigenvalue weighted by molar-refractivity contribution is 6.05. The van der Waals surface area contributed by atoms with E-state index in [0.717, 1.165) is 12.8 Å². The summed E-state index contributed by atoms with van der Waals surface area (Å²) in [6.07, 6.45) is 5.92. The maximum absolute atomic E-state index is 12.4. The predicted octanol–water partition coefficient (Wildman–Crippen LogP) is 2.47. The number of hydrogen-bond acceptors (Lipinski definition) is 3. The van der Waals surface area contributed by atoms with Crippen molar-refractivity contribution in [1.29, 1.82) is 0 Å². The summed E-state index contributed by atoms with van der Waals surface area (Å²) < 4.78 is 0. The molecule has 2 amide bonds. The molecule has 2 aliphatic rings. The fourth-order valence-electron chi connectivity index (χ4n) is 3.47. The Hall–Kier alpha value is -0.900. The smallest absolute Gasteiger partial charge is 0.247 e. The first kappa shape index (κ1) is 15.5. The molecule has 0 aromatic rings. The number of carbonyl (C=O) groups excluding carboxylic acids is 2. The highest BCUT2D eigenvalue weighted by Gasteiger charge is 2.43. The van der Waals surface area contributed by atoms with Crippen molar-refractivity contribution in [2.24, 2.45) is 5.41 Å². The third kappa shape index (κ3) is 2.90. The van der Waals surface area contributed by atoms with E-state index in [0.29, 0.717) is 12.5 Å². The highest BCUT2D eigenvalue weighted by atomic mass is 16.2. The Morgan fingerprint density at radius 1 is 1.35 bits per heavy atom. The van der Waals surface area contributed by atoms with Gasteiger partial charge in [0.25, 0.3) is 0 Å². The molecule has 1 heterocycles. The first-order valence-electron chi connectivity index (χ1n) is 7.98. The van der Waals surface area contributed by atoms with Gasteiger partial charge < -0.3 is 5.32 Å². The van der Waals surface area contributed by atoms with Gasteiger partial charge in [-0.2, -0.15) is 0 Å². The first-order valence-corrected chi connectivity index (χ1v) is 7.98. The molecule has 114 valence electrons. The van der Waals surface area contributed by atoms with Crippen LogP contribution in [0.15, 0.2) is 0 Å². The Bertz CT molecular complexity index is 392. The Morgan fingerprint density at radius 2 is 2.05 bits per heavy atom. The highest BCUT2D eigenvalue weighted by Crippen LogP contribution is 2.36. The minimum atomic E-state index is -0.307. The van der Waals surface area contributed by atoms with Crippen LogP contribution in [0.4, 0.5) is 0 Å². The molecular formula is C16H28N2O2. The monoisotopic (exact) mass is 280 g/mol. The zero-order valence-electron chi connectivity index (χ0n) is 13.2. The van der Waals surface area contributed by atoms with Crippen molar-refractivity contribution >= 4 is 11.8 Å². The number of amides is 2. The molecular weight excluding hydrogens is 252 g/mol. The molecule has 0 bridgehead atoms. The summed E-state index contributed by atoms with van der Waals surface area (Å²) in [7, 11) is 0. The van der Waals surface area contributed by atoms with Gasteiger partial charge >= 0.3 is 0 Å². The molecule has 0 spiro atoms. The summed E-state index contributed by atoms with van der Waals surface area (Å²) >= 11 is 0. The Kier molecular flexibility index (Phi) is 4.52. The molecule has 1 saturated carbocycles. The van der Waals surface area contributed by atoms with Gasteiger partial charge in [0.15, 0.2) is 0 Å². The third-order valence-electron chi connectivity index (χ3n) is 5.12. The minimum absolute atomic E-state index is 0.0150. The maximum Gasteiger partial charge on any atom is 0.247 e. The quantitative estimate of drug-likeness (QED) is 0.805. The van der Waals surface area contributed by atoms with Crippen molar-refractivity contribution < 1.29 is 9.59 Å². The van der Waals surface area contributed by atoms with Crippen molar-refractivity contribution in [2.45, 2.75) is 84.3 Å². The lowest BCUT2D eigenvalue weighted by atomic mass is 9.73. The van der Waals surface area contributed by atoms with Crippen LogP contribution in [-0.4, -0.2) is 34.8 Å². The molecule has 0 radical (unpaired) electrons. The number of nitrogens with one attached hydrogen (secondary N) is 1. The number of hydrogen-bond donors (Lipinski definition) is 1. The van der Waals surface area contributed by atoms with Crippen LogP contribution in [0.25, 0.3) is 0 Å². The van der Waals surface area contributed by atoms with Gasteiger partial charge in [0.2, 0.25) is 11.8 Å². The number of imide groups is 1. The molecule has 0 aromatic carbocycles. The van der Waals surface area contributed by atoms with E-state index in [9.17, 15) is 9.59 Å². The van der Waals surface area contributed by atoms with Gasteiger partial charge in [-0.15, -0.1) is 0 Å². The Labute approximate surface area is 122 Å². The Morgan fingerprint density at radius 3 is 2.65 bits per heavy atom. The fraction of sp³-hybridized carbons (Fsp3) is 0.875. The molecule has 1 saturated heterocycles. The van der Waals surface area contributed by atoms with E-state index in [1.54, 1.807) is 0 Å². The summed E-state index contributed by atoms with van der Waals surface area (Å²) in [6.45, 7) is 8.48. The topological polar surface area (TPSA) is 49.4 Å². The second-order valence-electron chi connectivity index (χ2n) is 7.07. The molecule has 3 unspecified atom stereocenters. The lowest BCUT2D eigenvalue weighted by Crippen LogP contribution is -2.51. The van der Waals surface area contributed by atoms with Crippen molar-refractivity contribution in [3.8, 4) is 0 Å². The lowest BCUT2D eigenvalue weighted by molar-refractivity contribution is -0.141. The molecule has 1 N–H and O–H groups in total. The van der Waals surface area contributed by atoms with E-state index < -0.39 is 0 Å². The average molecular weight is 280 g/mol. The summed E-state index contributed by atoms with van der Waals surface area (Å²) in [5.74, 6) is -0.0406. The van der Waals surface area contributed by atoms with E-state index in [1.165, 1.54) is 24.2 Å². The van der Waals surface area contributed by atoms with Crippen LogP contribution in [0.1, 0.15) is 66.2 Å². The molecule has 1 aliphatic heterocycles. The maximum atomic E-state index is 12.4. The van der Waals surface area contributed by atoms with Crippen LogP contribution >= 0.6 is 0 Å². The lowest BCUT2D eigenvalue weighted by Gasteiger charge is -2.40. The van der Waals surface area contributed by atoms with E-state index >= 15 is 0 Å². The van der Waals surface area contributed by atoms with Crippen LogP contribution in [0.2, 0.25) is 0 Å². The molecule has 1 aliphatic carbocycles. The van der Waals surface area contributed by atoms with Crippen molar-refractivity contribution in [1.82, 2.24) is 10.2 Å². The van der Waals surface area contributed by atoms with Gasteiger partial charge in [-0.05, 0) is 31.6 Å². The molecule has 4 heteroatoms. The van der Waals surface area contributed by atoms with E-state index in [2.05, 4.69) is 19.2 Å². The van der Waals surface area contributed by atoms with Crippen LogP contribution in [0.3, 0.4) is 0 Å². The molecule has 4 nitrogen and oxygen atoms in total. The van der Waals surface area contributed by atoms with E-state index in [4.69, 9.17) is 0 Å². The van der Waals surface area contributed by atoms with Gasteiger partial charge in [-0.1, -0.05) is 33.6 Å². The normalized spacial score (nSPS) is 31.7. The number of likely N-dealkylation sites (tertiary alicyclic amines) is 1. The number of rotatable bonds is 4. The number of carbonyl (C=O) groups is 2. The van der Waals surface area contributed by atoms with Crippen molar-refractivity contribution in [2.75, 3.05) is 0 Å². The zero-order valence-corrected chi connectivity index (χ0v) is 13.2. The summed E-state index contributed by atoms with van der Waals surface area (Å²) in [4.78, 5) is 26.0. The van der Waals surface area contributed by atoms with Crippen molar-refractivity contribution in [3.63, 3.8) is 0 Å². The van der Waals surface area contributed by atoms with Gasteiger partial charge in [0.1, 0.15) is 0 Å². The molecule has 20 heavy (non-hydrogen) atoms. The second-order valence-corrected chi connectivity index (χ2v) is 7.07. The average Bonchev–Trinajstić information content (AvgIpc) is 2.66. The fourth-order valence-corrected chi connectivity index (χ4v) is 3.47. The van der Waals surface area contributed by atoms with Crippen LogP contribution in [-0.2, 0) is 9.59 Å². The predicted molar refractivity (Wildman–Crippen MR) is 79.2 cm³/mol. The van der Waals surface area contributed by atoms with Crippen LogP contribution < -0.4 is 5.32 Å². The summed E-state index contributed by atoms with van der Waals surface area (Å²) in [6, 6.07) is 0.0509. The van der Waals surface area contributed by atoms with Gasteiger partial charge in [-0.3, -0.25) is 14.5 Å². The Balaban J connectivity index is 2.04. The molecule has 3 atom stereocenters. The van der Waals surface area contributed by atoms with Gasteiger partial charge in [0.05, 0.1) is 12.5 Å². The van der Waals surface area contributed by atoms with E-state index in [1.807, 2.05) is 13.8 Å². The summed E-state index contributed by atoms with van der Waals surface area (Å²) in [5, 5.41) is 3.49. The van der Waals surface area contributed by atoms with Gasteiger partial charge in [-0.25, -0.2) is 0 Å². The van der Waals surface area contributed by atoms with Gasteiger partial charge in [0, 0.05) is 12.1 Å². The summed E-state index contributed by atoms with van der Waals surface area (Å²) in [5.41, 5.74) is 0.214. The second kappa shape index (κ2) is 5.84. The largest absolute Gasteiger partial charge is 0.302 e. The minimum Gasteiger partial charge on any atom is -0.302 e. The molecule has 2 fully saturated rings. The standard InChI is InChI=1S/C16H28N2O2/c1-5-11(2)18-14(19)10-12(15(18)20)17-13-8-6-7-9-16(13,3)4/h11-13,17H,5-10H2,1-4H3. The zero-order chi connectivity index (χ0) is 14.9. The molecule has 2 rings (SSSR count). The van der Waals surface area contributed by atoms with Crippen molar-refractivity contribution in [3.05, 3.63) is 0 Å².